The van der Waals surface area contributed by atoms with Crippen molar-refractivity contribution in [3.63, 3.8) is 0 Å². The van der Waals surface area contributed by atoms with Crippen molar-refractivity contribution in [3.05, 3.63) is 0 Å². The van der Waals surface area contributed by atoms with Crippen molar-refractivity contribution in [1.82, 2.24) is 4.72 Å². The van der Waals surface area contributed by atoms with E-state index in [9.17, 15) is 21.6 Å². The Morgan fingerprint density at radius 1 is 1.38 bits per heavy atom. The predicted octanol–water partition coefficient (Wildman–Crippen LogP) is 0.230. The fourth-order valence-corrected chi connectivity index (χ4v) is 6.45. The number of carboxylic acids is 1. The van der Waals surface area contributed by atoms with E-state index < -0.39 is 37.0 Å². The van der Waals surface area contributed by atoms with Crippen molar-refractivity contribution >= 4 is 25.8 Å². The monoisotopic (exact) mass is 341 g/mol. The van der Waals surface area contributed by atoms with Crippen LogP contribution >= 0.6 is 0 Å². The van der Waals surface area contributed by atoms with E-state index in [1.54, 1.807) is 0 Å². The van der Waals surface area contributed by atoms with Gasteiger partial charge in [-0.1, -0.05) is 20.8 Å². The Balaban J connectivity index is 2.69. The molecule has 21 heavy (non-hydrogen) atoms. The summed E-state index contributed by atoms with van der Waals surface area (Å²) in [4.78, 5) is 11.2. The number of hydrogen-bond donors (Lipinski definition) is 2. The zero-order chi connectivity index (χ0) is 16.5. The summed E-state index contributed by atoms with van der Waals surface area (Å²) in [7, 11) is -7.11. The summed E-state index contributed by atoms with van der Waals surface area (Å²) >= 11 is 0. The molecule has 0 spiro atoms. The Bertz CT molecular complexity index is 588. The summed E-state index contributed by atoms with van der Waals surface area (Å²) in [6.07, 6.45) is 0.391. The van der Waals surface area contributed by atoms with Crippen LogP contribution in [0.5, 0.6) is 0 Å². The van der Waals surface area contributed by atoms with E-state index in [1.807, 2.05) is 20.8 Å². The molecular formula is C12H23NO6S2. The summed E-state index contributed by atoms with van der Waals surface area (Å²) in [5.41, 5.74) is -0.245. The number of carbonyl (C=O) groups is 1. The van der Waals surface area contributed by atoms with Gasteiger partial charge in [0, 0.05) is 6.54 Å². The molecule has 1 saturated heterocycles. The van der Waals surface area contributed by atoms with Crippen molar-refractivity contribution in [2.45, 2.75) is 38.9 Å². The van der Waals surface area contributed by atoms with Crippen LogP contribution in [0.15, 0.2) is 0 Å². The highest BCUT2D eigenvalue weighted by molar-refractivity contribution is 7.95. The van der Waals surface area contributed by atoms with Crippen LogP contribution in [0.25, 0.3) is 0 Å². The van der Waals surface area contributed by atoms with E-state index in [1.165, 1.54) is 0 Å². The Morgan fingerprint density at radius 3 is 2.33 bits per heavy atom. The predicted molar refractivity (Wildman–Crippen MR) is 79.2 cm³/mol. The number of rotatable bonds is 6. The largest absolute Gasteiger partial charge is 0.481 e. The number of aliphatic carboxylic acids is 1. The van der Waals surface area contributed by atoms with Gasteiger partial charge in [0.2, 0.25) is 10.0 Å². The molecule has 0 saturated carbocycles. The standard InChI is InChI=1S/C12H23NO6S2/c1-12(2,3)6-9(11(14)15)7-13-21(18,19)10-4-5-20(16,17)8-10/h9-10,13H,4-8H2,1-3H3,(H,14,15). The smallest absolute Gasteiger partial charge is 0.307 e. The molecule has 0 bridgehead atoms. The van der Waals surface area contributed by atoms with Gasteiger partial charge in [-0.15, -0.1) is 0 Å². The van der Waals surface area contributed by atoms with Gasteiger partial charge in [-0.3, -0.25) is 4.79 Å². The van der Waals surface area contributed by atoms with Crippen LogP contribution in [0.4, 0.5) is 0 Å². The highest BCUT2D eigenvalue weighted by Gasteiger charge is 2.37. The van der Waals surface area contributed by atoms with Crippen molar-refractivity contribution in [2.24, 2.45) is 11.3 Å². The first kappa shape index (κ1) is 18.4. The van der Waals surface area contributed by atoms with Gasteiger partial charge in [0.1, 0.15) is 0 Å². The van der Waals surface area contributed by atoms with Crippen LogP contribution in [0.1, 0.15) is 33.6 Å². The molecule has 124 valence electrons. The average Bonchev–Trinajstić information content (AvgIpc) is 2.64. The second kappa shape index (κ2) is 6.21. The molecule has 0 aliphatic carbocycles. The molecular weight excluding hydrogens is 318 g/mol. The molecule has 1 rings (SSSR count). The maximum absolute atomic E-state index is 12.0. The first-order valence-corrected chi connectivity index (χ1v) is 10.1. The minimum atomic E-state index is -3.81. The summed E-state index contributed by atoms with van der Waals surface area (Å²) in [5, 5.41) is 8.17. The van der Waals surface area contributed by atoms with Crippen LogP contribution in [0, 0.1) is 11.3 Å². The van der Waals surface area contributed by atoms with Crippen LogP contribution in [-0.2, 0) is 24.7 Å². The van der Waals surface area contributed by atoms with Gasteiger partial charge >= 0.3 is 5.97 Å². The molecule has 1 fully saturated rings. The quantitative estimate of drug-likeness (QED) is 0.714. The second-order valence-corrected chi connectivity index (χ2v) is 11.0. The molecule has 7 nitrogen and oxygen atoms in total. The molecule has 1 aliphatic heterocycles. The summed E-state index contributed by atoms with van der Waals surface area (Å²) in [5.74, 6) is -2.42. The third kappa shape index (κ3) is 5.91. The number of carboxylic acid groups (broad SMARTS) is 1. The maximum Gasteiger partial charge on any atom is 0.307 e. The topological polar surface area (TPSA) is 118 Å². The number of hydrogen-bond acceptors (Lipinski definition) is 5. The third-order valence-corrected chi connectivity index (χ3v) is 7.20. The molecule has 0 aromatic carbocycles. The fraction of sp³-hybridized carbons (Fsp3) is 0.917. The Labute approximate surface area is 126 Å². The number of sulfonamides is 1. The Kier molecular flexibility index (Phi) is 5.44. The normalized spacial score (nSPS) is 23.9. The van der Waals surface area contributed by atoms with Crippen LogP contribution < -0.4 is 4.72 Å². The van der Waals surface area contributed by atoms with Gasteiger partial charge in [-0.2, -0.15) is 0 Å². The van der Waals surface area contributed by atoms with Crippen molar-refractivity contribution in [2.75, 3.05) is 18.1 Å². The van der Waals surface area contributed by atoms with Crippen molar-refractivity contribution < 1.29 is 26.7 Å². The molecule has 2 unspecified atom stereocenters. The van der Waals surface area contributed by atoms with Gasteiger partial charge in [-0.25, -0.2) is 21.6 Å². The lowest BCUT2D eigenvalue weighted by Gasteiger charge is -2.23. The maximum atomic E-state index is 12.0. The number of nitrogens with one attached hydrogen (secondary N) is 1. The van der Waals surface area contributed by atoms with Crippen LogP contribution in [0.2, 0.25) is 0 Å². The highest BCUT2D eigenvalue weighted by atomic mass is 32.2. The average molecular weight is 341 g/mol. The van der Waals surface area contributed by atoms with Crippen LogP contribution in [-0.4, -0.2) is 51.2 Å². The van der Waals surface area contributed by atoms with Gasteiger partial charge in [0.25, 0.3) is 0 Å². The molecule has 0 aromatic heterocycles. The van der Waals surface area contributed by atoms with Crippen molar-refractivity contribution in [1.29, 1.82) is 0 Å². The first-order chi connectivity index (χ1) is 9.32. The Morgan fingerprint density at radius 2 is 1.95 bits per heavy atom. The summed E-state index contributed by atoms with van der Waals surface area (Å²) in [6, 6.07) is 0. The van der Waals surface area contributed by atoms with E-state index >= 15 is 0 Å². The zero-order valence-electron chi connectivity index (χ0n) is 12.5. The molecule has 1 heterocycles. The second-order valence-electron chi connectivity index (χ2n) is 6.72. The highest BCUT2D eigenvalue weighted by Crippen LogP contribution is 2.25. The first-order valence-electron chi connectivity index (χ1n) is 6.74. The Hall–Kier alpha value is -0.670. The van der Waals surface area contributed by atoms with E-state index in [-0.39, 0.29) is 29.9 Å². The lowest BCUT2D eigenvalue weighted by molar-refractivity contribution is -0.142. The van der Waals surface area contributed by atoms with Crippen molar-refractivity contribution in [3.8, 4) is 0 Å². The zero-order valence-corrected chi connectivity index (χ0v) is 14.1. The minimum absolute atomic E-state index is 0.0642. The van der Waals surface area contributed by atoms with Gasteiger partial charge < -0.3 is 5.11 Å². The molecule has 2 atom stereocenters. The lowest BCUT2D eigenvalue weighted by Crippen LogP contribution is -2.40. The fourth-order valence-electron chi connectivity index (χ4n) is 2.33. The summed E-state index contributed by atoms with van der Waals surface area (Å²) in [6.45, 7) is 5.41. The van der Waals surface area contributed by atoms with Gasteiger partial charge in [0.05, 0.1) is 22.7 Å². The molecule has 0 amide bonds. The van der Waals surface area contributed by atoms with E-state index in [4.69, 9.17) is 5.11 Å². The molecule has 2 N–H and O–H groups in total. The SMILES string of the molecule is CC(C)(C)CC(CNS(=O)(=O)C1CCS(=O)(=O)C1)C(=O)O. The van der Waals surface area contributed by atoms with E-state index in [0.717, 1.165) is 0 Å². The summed E-state index contributed by atoms with van der Waals surface area (Å²) < 4.78 is 49.0. The molecule has 0 radical (unpaired) electrons. The third-order valence-electron chi connectivity index (χ3n) is 3.37. The lowest BCUT2D eigenvalue weighted by atomic mass is 9.85. The molecule has 9 heteroatoms. The molecule has 1 aliphatic rings. The van der Waals surface area contributed by atoms with Gasteiger partial charge in [-0.05, 0) is 18.3 Å². The van der Waals surface area contributed by atoms with Gasteiger partial charge in [0.15, 0.2) is 9.84 Å². The van der Waals surface area contributed by atoms with E-state index in [2.05, 4.69) is 4.72 Å². The van der Waals surface area contributed by atoms with Crippen LogP contribution in [0.3, 0.4) is 0 Å². The molecule has 0 aromatic rings. The minimum Gasteiger partial charge on any atom is -0.481 e. The van der Waals surface area contributed by atoms with E-state index in [0.29, 0.717) is 6.42 Å². The number of sulfone groups is 1.